The molecule has 1 aliphatic rings. The van der Waals surface area contributed by atoms with Crippen LogP contribution in [0.3, 0.4) is 0 Å². The lowest BCUT2D eigenvalue weighted by Gasteiger charge is -2.34. The number of hydrogen-bond acceptors (Lipinski definition) is 3. The van der Waals surface area contributed by atoms with E-state index in [1.807, 2.05) is 12.1 Å². The average molecular weight is 268 g/mol. The first-order valence-corrected chi connectivity index (χ1v) is 6.70. The molecule has 2 heterocycles. The average Bonchev–Trinajstić information content (AvgIpc) is 2.46. The lowest BCUT2D eigenvalue weighted by molar-refractivity contribution is 0.0697. The van der Waals surface area contributed by atoms with Crippen LogP contribution >= 0.6 is 0 Å². The molecule has 3 rings (SSSR count). The second-order valence-electron chi connectivity index (χ2n) is 5.26. The van der Waals surface area contributed by atoms with Crippen molar-refractivity contribution in [3.63, 3.8) is 0 Å². The fourth-order valence-electron chi connectivity index (χ4n) is 2.71. The van der Waals surface area contributed by atoms with Crippen molar-refractivity contribution in [3.8, 4) is 0 Å². The van der Waals surface area contributed by atoms with Gasteiger partial charge in [0.1, 0.15) is 5.82 Å². The van der Waals surface area contributed by atoms with E-state index >= 15 is 0 Å². The highest BCUT2D eigenvalue weighted by Crippen LogP contribution is 2.34. The molecule has 1 unspecified atom stereocenters. The minimum absolute atomic E-state index is 0.269. The van der Waals surface area contributed by atoms with Gasteiger partial charge < -0.3 is 10.0 Å². The molecular formula is C16H16N2O2. The first-order valence-electron chi connectivity index (χ1n) is 6.70. The van der Waals surface area contributed by atoms with Crippen LogP contribution in [0.25, 0.3) is 0 Å². The van der Waals surface area contributed by atoms with Gasteiger partial charge in [0, 0.05) is 18.4 Å². The van der Waals surface area contributed by atoms with E-state index in [0.717, 1.165) is 18.7 Å². The van der Waals surface area contributed by atoms with Crippen LogP contribution in [0.1, 0.15) is 22.8 Å². The fraction of sp³-hybridized carbons (Fsp3) is 0.250. The number of rotatable bonds is 2. The maximum atomic E-state index is 11.1. The molecule has 4 nitrogen and oxygen atoms in total. The number of para-hydroxylation sites is 1. The van der Waals surface area contributed by atoms with Gasteiger partial charge in [0.15, 0.2) is 0 Å². The Morgan fingerprint density at radius 3 is 2.95 bits per heavy atom. The van der Waals surface area contributed by atoms with Crippen molar-refractivity contribution in [2.45, 2.75) is 13.3 Å². The third-order valence-corrected chi connectivity index (χ3v) is 3.61. The molecule has 1 aliphatic heterocycles. The first-order chi connectivity index (χ1) is 9.65. The number of carboxylic acids is 1. The summed E-state index contributed by atoms with van der Waals surface area (Å²) in [6.07, 6.45) is 2.60. The number of fused-ring (bicyclic) bond motifs is 1. The highest BCUT2D eigenvalue weighted by Gasteiger charge is 2.23. The van der Waals surface area contributed by atoms with E-state index in [2.05, 4.69) is 28.9 Å². The van der Waals surface area contributed by atoms with E-state index in [1.54, 1.807) is 12.3 Å². The molecule has 1 N–H and O–H groups in total. The zero-order valence-corrected chi connectivity index (χ0v) is 11.3. The molecule has 1 aromatic carbocycles. The highest BCUT2D eigenvalue weighted by atomic mass is 16.4. The van der Waals surface area contributed by atoms with Crippen LogP contribution in [0.2, 0.25) is 0 Å². The molecule has 2 aromatic rings. The molecule has 0 radical (unpaired) electrons. The van der Waals surface area contributed by atoms with Crippen LogP contribution in [0.5, 0.6) is 0 Å². The normalized spacial score (nSPS) is 17.6. The number of aromatic nitrogens is 1. The van der Waals surface area contributed by atoms with Gasteiger partial charge in [0.05, 0.1) is 5.56 Å². The molecule has 0 saturated heterocycles. The summed E-state index contributed by atoms with van der Waals surface area (Å²) in [6.45, 7) is 3.05. The molecule has 0 fully saturated rings. The first kappa shape index (κ1) is 12.7. The molecule has 102 valence electrons. The van der Waals surface area contributed by atoms with Gasteiger partial charge in [-0.2, -0.15) is 0 Å². The molecule has 20 heavy (non-hydrogen) atoms. The van der Waals surface area contributed by atoms with Crippen molar-refractivity contribution in [2.24, 2.45) is 5.92 Å². The second-order valence-corrected chi connectivity index (χ2v) is 5.26. The van der Waals surface area contributed by atoms with Gasteiger partial charge in [-0.05, 0) is 36.1 Å². The Labute approximate surface area is 117 Å². The second kappa shape index (κ2) is 4.96. The molecule has 0 aliphatic carbocycles. The molecule has 0 spiro atoms. The van der Waals surface area contributed by atoms with Crippen LogP contribution < -0.4 is 4.90 Å². The monoisotopic (exact) mass is 268 g/mol. The van der Waals surface area contributed by atoms with Crippen molar-refractivity contribution in [1.29, 1.82) is 0 Å². The predicted octanol–water partition coefficient (Wildman–Crippen LogP) is 3.11. The summed E-state index contributed by atoms with van der Waals surface area (Å²) in [5.74, 6) is 0.288. The molecule has 0 saturated carbocycles. The standard InChI is InChI=1S/C16H16N2O2/c1-11-8-12-4-2-3-5-14(12)18(10-11)15-9-13(16(19)20)6-7-17-15/h2-7,9,11H,8,10H2,1H3,(H,19,20). The quantitative estimate of drug-likeness (QED) is 0.909. The Morgan fingerprint density at radius 2 is 2.15 bits per heavy atom. The maximum Gasteiger partial charge on any atom is 0.335 e. The van der Waals surface area contributed by atoms with E-state index in [0.29, 0.717) is 11.7 Å². The minimum Gasteiger partial charge on any atom is -0.478 e. The largest absolute Gasteiger partial charge is 0.478 e. The SMILES string of the molecule is CC1Cc2ccccc2N(c2cc(C(=O)O)ccn2)C1. The van der Waals surface area contributed by atoms with Gasteiger partial charge >= 0.3 is 5.97 Å². The number of pyridine rings is 1. The summed E-state index contributed by atoms with van der Waals surface area (Å²) in [5, 5.41) is 9.11. The van der Waals surface area contributed by atoms with Crippen LogP contribution in [0.4, 0.5) is 11.5 Å². The van der Waals surface area contributed by atoms with Crippen molar-refractivity contribution in [2.75, 3.05) is 11.4 Å². The van der Waals surface area contributed by atoms with Crippen LogP contribution in [-0.4, -0.2) is 22.6 Å². The summed E-state index contributed by atoms with van der Waals surface area (Å²) in [4.78, 5) is 17.5. The van der Waals surface area contributed by atoms with E-state index < -0.39 is 5.97 Å². The lowest BCUT2D eigenvalue weighted by Crippen LogP contribution is -2.31. The Kier molecular flexibility index (Phi) is 3.14. The van der Waals surface area contributed by atoms with E-state index in [-0.39, 0.29) is 5.56 Å². The third-order valence-electron chi connectivity index (χ3n) is 3.61. The number of aromatic carboxylic acids is 1. The predicted molar refractivity (Wildman–Crippen MR) is 77.5 cm³/mol. The maximum absolute atomic E-state index is 11.1. The number of benzene rings is 1. The molecule has 0 bridgehead atoms. The number of hydrogen-bond donors (Lipinski definition) is 1. The van der Waals surface area contributed by atoms with E-state index in [4.69, 9.17) is 5.11 Å². The molecule has 0 amide bonds. The van der Waals surface area contributed by atoms with Crippen molar-refractivity contribution >= 4 is 17.5 Å². The minimum atomic E-state index is -0.924. The van der Waals surface area contributed by atoms with Gasteiger partial charge in [-0.3, -0.25) is 0 Å². The molecule has 1 atom stereocenters. The van der Waals surface area contributed by atoms with Crippen molar-refractivity contribution < 1.29 is 9.90 Å². The number of carbonyl (C=O) groups is 1. The van der Waals surface area contributed by atoms with E-state index in [9.17, 15) is 4.79 Å². The summed E-state index contributed by atoms with van der Waals surface area (Å²) in [5.41, 5.74) is 2.68. The third kappa shape index (κ3) is 2.25. The smallest absolute Gasteiger partial charge is 0.335 e. The lowest BCUT2D eigenvalue weighted by atomic mass is 9.94. The van der Waals surface area contributed by atoms with Crippen LogP contribution in [-0.2, 0) is 6.42 Å². The van der Waals surface area contributed by atoms with Gasteiger partial charge in [0.2, 0.25) is 0 Å². The number of carboxylic acid groups (broad SMARTS) is 1. The van der Waals surface area contributed by atoms with Crippen LogP contribution in [0.15, 0.2) is 42.6 Å². The summed E-state index contributed by atoms with van der Waals surface area (Å²) < 4.78 is 0. The molecular weight excluding hydrogens is 252 g/mol. The zero-order valence-electron chi connectivity index (χ0n) is 11.3. The van der Waals surface area contributed by atoms with Gasteiger partial charge in [0.25, 0.3) is 0 Å². The fourth-order valence-corrected chi connectivity index (χ4v) is 2.71. The number of nitrogens with zero attached hydrogens (tertiary/aromatic N) is 2. The Hall–Kier alpha value is -2.36. The highest BCUT2D eigenvalue weighted by molar-refractivity contribution is 5.88. The molecule has 1 aromatic heterocycles. The van der Waals surface area contributed by atoms with Gasteiger partial charge in [-0.15, -0.1) is 0 Å². The zero-order chi connectivity index (χ0) is 14.1. The van der Waals surface area contributed by atoms with Crippen molar-refractivity contribution in [3.05, 3.63) is 53.7 Å². The van der Waals surface area contributed by atoms with Gasteiger partial charge in [-0.25, -0.2) is 9.78 Å². The van der Waals surface area contributed by atoms with Crippen LogP contribution in [0, 0.1) is 5.92 Å². The Morgan fingerprint density at radius 1 is 1.35 bits per heavy atom. The summed E-state index contributed by atoms with van der Waals surface area (Å²) >= 11 is 0. The molecule has 4 heteroatoms. The van der Waals surface area contributed by atoms with E-state index in [1.165, 1.54) is 11.6 Å². The Bertz CT molecular complexity index is 654. The number of anilines is 2. The van der Waals surface area contributed by atoms with Gasteiger partial charge in [-0.1, -0.05) is 25.1 Å². The van der Waals surface area contributed by atoms with Crippen molar-refractivity contribution in [1.82, 2.24) is 4.98 Å². The Balaban J connectivity index is 2.06. The summed E-state index contributed by atoms with van der Waals surface area (Å²) in [7, 11) is 0. The topological polar surface area (TPSA) is 53.4 Å². The summed E-state index contributed by atoms with van der Waals surface area (Å²) in [6, 6.07) is 11.4.